The topological polar surface area (TPSA) is 229 Å². The van der Waals surface area contributed by atoms with E-state index in [4.69, 9.17) is 36.3 Å². The first-order valence-corrected chi connectivity index (χ1v) is 30.2. The number of imidazole rings is 2. The van der Waals surface area contributed by atoms with Gasteiger partial charge in [0.2, 0.25) is 11.2 Å². The summed E-state index contributed by atoms with van der Waals surface area (Å²) >= 11 is 5.74. The first kappa shape index (κ1) is 66.0. The number of halogens is 5. The van der Waals surface area contributed by atoms with Crippen LogP contribution in [0.5, 0.6) is 11.5 Å². The number of aromatic nitrogens is 10. The number of hydrogen-bond donors (Lipinski definition) is 2. The smallest absolute Gasteiger partial charge is 0.410 e. The summed E-state index contributed by atoms with van der Waals surface area (Å²) in [4.78, 5) is 61.0. The zero-order valence-corrected chi connectivity index (χ0v) is 52.5. The summed E-state index contributed by atoms with van der Waals surface area (Å²) in [6, 6.07) is 13.0. The number of aryl methyl sites for hydroxylation is 2. The minimum Gasteiger partial charge on any atom is -0.492 e. The Bertz CT molecular complexity index is 3870. The summed E-state index contributed by atoms with van der Waals surface area (Å²) in [6.07, 6.45) is 11.6. The van der Waals surface area contributed by atoms with Crippen LogP contribution in [0.1, 0.15) is 127 Å². The maximum atomic E-state index is 15.1. The monoisotopic (exact) mass is 1260 g/mol. The average Bonchev–Trinajstić information content (AvgIpc) is 1.60. The molecule has 2 saturated heterocycles. The molecule has 20 nitrogen and oxygen atoms in total. The van der Waals surface area contributed by atoms with Gasteiger partial charge < -0.3 is 48.9 Å². The highest BCUT2D eigenvalue weighted by Gasteiger charge is 2.36. The van der Waals surface area contributed by atoms with Crippen LogP contribution in [-0.4, -0.2) is 122 Å². The zero-order valence-electron chi connectivity index (χ0n) is 51.8. The van der Waals surface area contributed by atoms with E-state index in [1.54, 1.807) is 52.5 Å². The van der Waals surface area contributed by atoms with Gasteiger partial charge >= 0.3 is 12.2 Å². The first-order chi connectivity index (χ1) is 42.1. The molecule has 3 N–H and O–H groups in total. The number of pyridine rings is 2. The molecule has 2 aromatic carbocycles. The van der Waals surface area contributed by atoms with E-state index in [1.165, 1.54) is 12.1 Å². The van der Waals surface area contributed by atoms with Crippen molar-refractivity contribution in [2.24, 2.45) is 11.8 Å². The van der Waals surface area contributed by atoms with Gasteiger partial charge in [-0.25, -0.2) is 67.0 Å². The van der Waals surface area contributed by atoms with Gasteiger partial charge in [0.25, 0.3) is 0 Å². The molecule has 8 aromatic rings. The van der Waals surface area contributed by atoms with Gasteiger partial charge in [0, 0.05) is 61.2 Å². The molecule has 0 bridgehead atoms. The van der Waals surface area contributed by atoms with Crippen LogP contribution in [-0.2, 0) is 33.4 Å². The maximum absolute atomic E-state index is 15.1. The van der Waals surface area contributed by atoms with E-state index in [9.17, 15) is 22.8 Å². The van der Waals surface area contributed by atoms with Crippen molar-refractivity contribution in [3.8, 4) is 34.0 Å². The number of nitrogens with one attached hydrogen (secondary N) is 1. The minimum atomic E-state index is -0.664. The summed E-state index contributed by atoms with van der Waals surface area (Å²) in [5.74, 6) is 2.49. The van der Waals surface area contributed by atoms with Crippen molar-refractivity contribution in [1.82, 2.24) is 58.8 Å². The Hall–Kier alpha value is -8.41. The molecule has 90 heavy (non-hydrogen) atoms. The number of rotatable bonds is 10. The average molecular weight is 1260 g/mol. The molecular weight excluding hydrogens is 1180 g/mol. The summed E-state index contributed by atoms with van der Waals surface area (Å²) in [6.45, 7) is 23.4. The van der Waals surface area contributed by atoms with Crippen LogP contribution in [0.15, 0.2) is 73.3 Å². The number of ether oxygens (including phenoxy) is 4. The predicted molar refractivity (Wildman–Crippen MR) is 337 cm³/mol. The number of fused-ring (bicyclic) bond motifs is 6. The summed E-state index contributed by atoms with van der Waals surface area (Å²) in [5, 5.41) is 2.91. The van der Waals surface area contributed by atoms with Crippen LogP contribution in [0.4, 0.5) is 44.7 Å². The maximum Gasteiger partial charge on any atom is 0.410 e. The third-order valence-corrected chi connectivity index (χ3v) is 16.1. The van der Waals surface area contributed by atoms with Crippen LogP contribution >= 0.6 is 11.6 Å². The first-order valence-electron chi connectivity index (χ1n) is 29.9. The largest absolute Gasteiger partial charge is 0.492 e. The van der Waals surface area contributed by atoms with E-state index in [0.29, 0.717) is 96.3 Å². The van der Waals surface area contributed by atoms with Gasteiger partial charge in [-0.1, -0.05) is 7.43 Å². The van der Waals surface area contributed by atoms with E-state index >= 15 is 4.39 Å². The van der Waals surface area contributed by atoms with Crippen molar-refractivity contribution in [3.05, 3.63) is 114 Å². The Kier molecular flexibility index (Phi) is 19.5. The van der Waals surface area contributed by atoms with E-state index in [-0.39, 0.29) is 58.8 Å². The standard InChI is InChI=1S/C32H37F2N7O3.C16H13ClF2N4.C16H25N3O3.CH4/c1-31(2,3)44-30(42)40-12-9-19(10-13-40)18-43-21-6-7-25(35-16-21)37-29-36-17-23(34)27(39-29)20-14-22(33)28-24(15-20)41-26(38-28)8-11-32(41,4)5;1-16(2)4-3-12-21-14-9(18)5-8(6-11(14)23(12)16)13-10(19)7-20-15(17)22-13;1-16(2,3)22-15(20)19-8-6-12(7-9-19)11-21-13-4-5-14(17)18-10-13;/h6-7,14-17,19H,8-13,18H2,1-5H3,(H,35,36,37,39);5-7H,3-4H2,1-2H3;4-5,10,12H,6-9,11H2,1-3H3,(H2,17,18);1H4. The van der Waals surface area contributed by atoms with Gasteiger partial charge in [-0.15, -0.1) is 0 Å². The molecule has 25 heteroatoms. The second kappa shape index (κ2) is 26.6. The van der Waals surface area contributed by atoms with Gasteiger partial charge in [-0.2, -0.15) is 0 Å². The van der Waals surface area contributed by atoms with Crippen LogP contribution in [0.3, 0.4) is 0 Å². The fraction of sp³-hybridized carbons (Fsp3) is 0.477. The summed E-state index contributed by atoms with van der Waals surface area (Å²) < 4.78 is 85.2. The number of likely N-dealkylation sites (tertiary alicyclic amines) is 2. The molecular formula is C65H79ClF4N14O6. The SMILES string of the molecule is C.CC(C)(C)OC(=O)N1CCC(COc2ccc(N)nc2)CC1.CC(C)(C)OC(=O)N1CCC(COc2ccc(Nc3ncc(F)c(-c4cc(F)c5nc6n(c5c4)C(C)(C)CC6)n3)nc2)CC1.CC1(C)CCc2nc3c(F)cc(-c4nc(Cl)ncc4F)cc3n21. The number of piperidine rings is 2. The third kappa shape index (κ3) is 15.6. The number of nitrogen functional groups attached to an aromatic ring is 1. The van der Waals surface area contributed by atoms with Gasteiger partial charge in [0.1, 0.15) is 68.4 Å². The highest BCUT2D eigenvalue weighted by Crippen LogP contribution is 2.40. The quantitative estimate of drug-likeness (QED) is 0.0958. The number of carbonyl (C=O) groups excluding carboxylic acids is 2. The number of carbonyl (C=O) groups is 2. The lowest BCUT2D eigenvalue weighted by atomic mass is 9.98. The predicted octanol–water partition coefficient (Wildman–Crippen LogP) is 14.0. The second-order valence-electron chi connectivity index (χ2n) is 26.1. The number of anilines is 3. The molecule has 0 spiro atoms. The normalized spacial score (nSPS) is 16.3. The van der Waals surface area contributed by atoms with Gasteiger partial charge in [-0.3, -0.25) is 0 Å². The molecule has 4 aliphatic heterocycles. The van der Waals surface area contributed by atoms with E-state index in [2.05, 4.69) is 72.9 Å². The fourth-order valence-electron chi connectivity index (χ4n) is 11.3. The summed E-state index contributed by atoms with van der Waals surface area (Å²) in [5.41, 5.74) is 6.65. The highest BCUT2D eigenvalue weighted by atomic mass is 35.5. The highest BCUT2D eigenvalue weighted by molar-refractivity contribution is 6.28. The van der Waals surface area contributed by atoms with Crippen molar-refractivity contribution < 1.29 is 46.1 Å². The van der Waals surface area contributed by atoms with Gasteiger partial charge in [0.15, 0.2) is 23.3 Å². The lowest BCUT2D eigenvalue weighted by Crippen LogP contribution is -2.42. The number of nitrogens with two attached hydrogens (primary N) is 1. The van der Waals surface area contributed by atoms with E-state index in [0.717, 1.165) is 81.2 Å². The Morgan fingerprint density at radius 2 is 1.04 bits per heavy atom. The molecule has 0 aliphatic carbocycles. The second-order valence-corrected chi connectivity index (χ2v) is 26.4. The molecule has 0 atom stereocenters. The van der Waals surface area contributed by atoms with Crippen molar-refractivity contribution >= 4 is 63.4 Å². The Morgan fingerprint density at radius 1 is 0.600 bits per heavy atom. The Morgan fingerprint density at radius 3 is 1.48 bits per heavy atom. The van der Waals surface area contributed by atoms with Crippen molar-refractivity contribution in [1.29, 1.82) is 0 Å². The lowest BCUT2D eigenvalue weighted by Gasteiger charge is -2.33. The Balaban J connectivity index is 0.000000176. The van der Waals surface area contributed by atoms with Gasteiger partial charge in [0.05, 0.1) is 49.0 Å². The van der Waals surface area contributed by atoms with E-state index < -0.39 is 34.5 Å². The molecule has 480 valence electrons. The summed E-state index contributed by atoms with van der Waals surface area (Å²) in [7, 11) is 0. The number of benzene rings is 2. The molecule has 6 aromatic heterocycles. The minimum absolute atomic E-state index is 0. The van der Waals surface area contributed by atoms with E-state index in [1.807, 2.05) is 56.7 Å². The Labute approximate surface area is 526 Å². The molecule has 0 unspecified atom stereocenters. The van der Waals surface area contributed by atoms with Crippen molar-refractivity contribution in [3.63, 3.8) is 0 Å². The fourth-order valence-corrected chi connectivity index (χ4v) is 11.5. The third-order valence-electron chi connectivity index (χ3n) is 15.9. The van der Waals surface area contributed by atoms with Gasteiger partial charge in [-0.05, 0) is 180 Å². The number of nitrogens with zero attached hydrogens (tertiary/aromatic N) is 12. The van der Waals surface area contributed by atoms with Crippen LogP contribution in [0.2, 0.25) is 5.28 Å². The van der Waals surface area contributed by atoms with Crippen molar-refractivity contribution in [2.45, 2.75) is 150 Å². The lowest BCUT2D eigenvalue weighted by molar-refractivity contribution is 0.0155. The van der Waals surface area contributed by atoms with Crippen LogP contribution in [0, 0.1) is 35.1 Å². The molecule has 0 saturated carbocycles. The molecule has 2 amide bonds. The molecule has 10 heterocycles. The number of hydrogen-bond acceptors (Lipinski definition) is 16. The molecule has 2 fully saturated rings. The number of amides is 2. The molecule has 4 aliphatic rings. The van der Waals surface area contributed by atoms with Crippen LogP contribution in [0.25, 0.3) is 44.6 Å². The zero-order chi connectivity index (χ0) is 63.7. The molecule has 12 rings (SSSR count). The van der Waals surface area contributed by atoms with Crippen LogP contribution < -0.4 is 20.5 Å². The van der Waals surface area contributed by atoms with Crippen molar-refractivity contribution in [2.75, 3.05) is 50.4 Å². The molecule has 0 radical (unpaired) electrons.